The van der Waals surface area contributed by atoms with E-state index in [2.05, 4.69) is 4.72 Å². The molecule has 1 aromatic carbocycles. The molecule has 1 saturated carbocycles. The van der Waals surface area contributed by atoms with Crippen molar-refractivity contribution < 1.29 is 18.3 Å². The molecular formula is C14H18N2O4S. The number of hydrogen-bond donors (Lipinski definition) is 2. The molecule has 0 aromatic heterocycles. The highest BCUT2D eigenvalue weighted by molar-refractivity contribution is 7.89. The van der Waals surface area contributed by atoms with Crippen molar-refractivity contribution in [3.05, 3.63) is 23.8 Å². The predicted molar refractivity (Wildman–Crippen MR) is 78.2 cm³/mol. The summed E-state index contributed by atoms with van der Waals surface area (Å²) in [5.41, 5.74) is 0.597. The van der Waals surface area contributed by atoms with Gasteiger partial charge >= 0.3 is 5.97 Å². The van der Waals surface area contributed by atoms with E-state index in [1.165, 1.54) is 12.1 Å². The van der Waals surface area contributed by atoms with E-state index in [0.717, 1.165) is 38.8 Å². The number of carboxylic acid groups (broad SMARTS) is 1. The quantitative estimate of drug-likeness (QED) is 0.859. The van der Waals surface area contributed by atoms with Crippen LogP contribution < -0.4 is 9.62 Å². The predicted octanol–water partition coefficient (Wildman–Crippen LogP) is 1.43. The van der Waals surface area contributed by atoms with Crippen LogP contribution in [-0.4, -0.2) is 38.6 Å². The van der Waals surface area contributed by atoms with Gasteiger partial charge in [-0.3, -0.25) is 0 Å². The fourth-order valence-electron chi connectivity index (χ4n) is 2.57. The minimum atomic E-state index is -3.68. The van der Waals surface area contributed by atoms with Gasteiger partial charge in [-0.1, -0.05) is 0 Å². The summed E-state index contributed by atoms with van der Waals surface area (Å²) in [6, 6.07) is 4.33. The molecule has 7 heteroatoms. The van der Waals surface area contributed by atoms with E-state index in [-0.39, 0.29) is 16.5 Å². The van der Waals surface area contributed by atoms with Crippen LogP contribution in [0.3, 0.4) is 0 Å². The van der Waals surface area contributed by atoms with Crippen LogP contribution in [0.5, 0.6) is 0 Å². The van der Waals surface area contributed by atoms with Gasteiger partial charge in [0.15, 0.2) is 0 Å². The summed E-state index contributed by atoms with van der Waals surface area (Å²) >= 11 is 0. The highest BCUT2D eigenvalue weighted by Crippen LogP contribution is 2.31. The lowest BCUT2D eigenvalue weighted by molar-refractivity contribution is 0.0696. The first-order valence-electron chi connectivity index (χ1n) is 7.12. The highest BCUT2D eigenvalue weighted by atomic mass is 32.2. The number of benzene rings is 1. The van der Waals surface area contributed by atoms with Gasteiger partial charge in [0.1, 0.15) is 4.90 Å². The van der Waals surface area contributed by atoms with Gasteiger partial charge in [-0.2, -0.15) is 0 Å². The van der Waals surface area contributed by atoms with Gasteiger partial charge in [-0.05, 0) is 43.9 Å². The third-order valence-corrected chi connectivity index (χ3v) is 5.39. The van der Waals surface area contributed by atoms with Crippen LogP contribution in [0, 0.1) is 0 Å². The molecular weight excluding hydrogens is 292 g/mol. The van der Waals surface area contributed by atoms with E-state index in [4.69, 9.17) is 5.11 Å². The Morgan fingerprint density at radius 2 is 1.90 bits per heavy atom. The number of hydrogen-bond acceptors (Lipinski definition) is 4. The van der Waals surface area contributed by atoms with Crippen molar-refractivity contribution in [1.82, 2.24) is 4.72 Å². The molecule has 2 aliphatic rings. The lowest BCUT2D eigenvalue weighted by Gasteiger charge is -2.21. The van der Waals surface area contributed by atoms with Crippen molar-refractivity contribution in [2.45, 2.75) is 36.6 Å². The molecule has 1 heterocycles. The second kappa shape index (κ2) is 5.31. The second-order valence-electron chi connectivity index (χ2n) is 5.58. The number of rotatable bonds is 5. The fraction of sp³-hybridized carbons (Fsp3) is 0.500. The van der Waals surface area contributed by atoms with Crippen molar-refractivity contribution in [3.8, 4) is 0 Å². The molecule has 0 unspecified atom stereocenters. The molecule has 0 atom stereocenters. The summed E-state index contributed by atoms with van der Waals surface area (Å²) in [5, 5.41) is 9.10. The van der Waals surface area contributed by atoms with E-state index in [0.29, 0.717) is 5.69 Å². The molecule has 114 valence electrons. The number of carbonyl (C=O) groups is 1. The molecule has 2 N–H and O–H groups in total. The standard InChI is InChI=1S/C14H18N2O4S/c17-14(18)10-3-6-12(16-7-1-2-8-16)13(9-10)21(19,20)15-11-4-5-11/h3,6,9,11,15H,1-2,4-5,7-8H2,(H,17,18). The molecule has 1 aliphatic heterocycles. The van der Waals surface area contributed by atoms with Gasteiger partial charge in [0.2, 0.25) is 10.0 Å². The van der Waals surface area contributed by atoms with Crippen LogP contribution in [0.25, 0.3) is 0 Å². The summed E-state index contributed by atoms with van der Waals surface area (Å²) in [6.07, 6.45) is 3.74. The normalized spacial score (nSPS) is 19.0. The molecule has 0 spiro atoms. The number of nitrogens with zero attached hydrogens (tertiary/aromatic N) is 1. The van der Waals surface area contributed by atoms with Crippen LogP contribution >= 0.6 is 0 Å². The molecule has 1 aliphatic carbocycles. The van der Waals surface area contributed by atoms with Gasteiger partial charge in [-0.15, -0.1) is 0 Å². The summed E-state index contributed by atoms with van der Waals surface area (Å²) < 4.78 is 27.6. The molecule has 1 saturated heterocycles. The number of carboxylic acids is 1. The van der Waals surface area contributed by atoms with Gasteiger partial charge in [0.25, 0.3) is 0 Å². The molecule has 0 radical (unpaired) electrons. The topological polar surface area (TPSA) is 86.7 Å². The Morgan fingerprint density at radius 1 is 1.24 bits per heavy atom. The van der Waals surface area contributed by atoms with E-state index in [9.17, 15) is 13.2 Å². The molecule has 0 amide bonds. The maximum atomic E-state index is 12.5. The molecule has 0 bridgehead atoms. The average Bonchev–Trinajstić information content (AvgIpc) is 3.07. The van der Waals surface area contributed by atoms with Gasteiger partial charge in [0, 0.05) is 19.1 Å². The minimum absolute atomic E-state index is 0.00471. The van der Waals surface area contributed by atoms with Gasteiger partial charge in [0.05, 0.1) is 11.3 Å². The summed E-state index contributed by atoms with van der Waals surface area (Å²) in [5.74, 6) is -1.12. The number of anilines is 1. The number of sulfonamides is 1. The zero-order chi connectivity index (χ0) is 15.0. The number of nitrogens with one attached hydrogen (secondary N) is 1. The van der Waals surface area contributed by atoms with Gasteiger partial charge < -0.3 is 10.0 Å². The average molecular weight is 310 g/mol. The molecule has 3 rings (SSSR count). The third kappa shape index (κ3) is 3.03. The van der Waals surface area contributed by atoms with Crippen molar-refractivity contribution in [1.29, 1.82) is 0 Å². The maximum Gasteiger partial charge on any atom is 0.335 e. The van der Waals surface area contributed by atoms with E-state index in [1.807, 2.05) is 4.90 Å². The Balaban J connectivity index is 2.04. The molecule has 2 fully saturated rings. The minimum Gasteiger partial charge on any atom is -0.478 e. The lowest BCUT2D eigenvalue weighted by Crippen LogP contribution is -2.29. The number of aromatic carboxylic acids is 1. The first kappa shape index (κ1) is 14.3. The van der Waals surface area contributed by atoms with E-state index < -0.39 is 16.0 Å². The van der Waals surface area contributed by atoms with Crippen molar-refractivity contribution >= 4 is 21.7 Å². The van der Waals surface area contributed by atoms with Crippen LogP contribution in [-0.2, 0) is 10.0 Å². The Bertz CT molecular complexity index is 662. The van der Waals surface area contributed by atoms with Crippen LogP contribution in [0.2, 0.25) is 0 Å². The fourth-order valence-corrected chi connectivity index (χ4v) is 4.12. The third-order valence-electron chi connectivity index (χ3n) is 3.84. The Hall–Kier alpha value is -1.60. The van der Waals surface area contributed by atoms with Crippen molar-refractivity contribution in [3.63, 3.8) is 0 Å². The molecule has 1 aromatic rings. The zero-order valence-electron chi connectivity index (χ0n) is 11.6. The zero-order valence-corrected chi connectivity index (χ0v) is 12.4. The molecule has 21 heavy (non-hydrogen) atoms. The van der Waals surface area contributed by atoms with Crippen LogP contribution in [0.15, 0.2) is 23.1 Å². The maximum absolute atomic E-state index is 12.5. The first-order valence-corrected chi connectivity index (χ1v) is 8.60. The summed E-state index contributed by atoms with van der Waals surface area (Å²) in [4.78, 5) is 13.2. The Labute approximate surface area is 123 Å². The van der Waals surface area contributed by atoms with Gasteiger partial charge in [-0.25, -0.2) is 17.9 Å². The van der Waals surface area contributed by atoms with Crippen molar-refractivity contribution in [2.24, 2.45) is 0 Å². The van der Waals surface area contributed by atoms with Crippen LogP contribution in [0.1, 0.15) is 36.0 Å². The first-order chi connectivity index (χ1) is 9.97. The SMILES string of the molecule is O=C(O)c1ccc(N2CCCC2)c(S(=O)(=O)NC2CC2)c1. The lowest BCUT2D eigenvalue weighted by atomic mass is 10.2. The van der Waals surface area contributed by atoms with Crippen LogP contribution in [0.4, 0.5) is 5.69 Å². The Morgan fingerprint density at radius 3 is 2.48 bits per heavy atom. The highest BCUT2D eigenvalue weighted by Gasteiger charge is 2.31. The Kier molecular flexibility index (Phi) is 3.62. The van der Waals surface area contributed by atoms with Crippen molar-refractivity contribution in [2.75, 3.05) is 18.0 Å². The molecule has 6 nitrogen and oxygen atoms in total. The monoisotopic (exact) mass is 310 g/mol. The second-order valence-corrected chi connectivity index (χ2v) is 7.26. The summed E-state index contributed by atoms with van der Waals surface area (Å²) in [7, 11) is -3.68. The van der Waals surface area contributed by atoms with E-state index in [1.54, 1.807) is 6.07 Å². The summed E-state index contributed by atoms with van der Waals surface area (Å²) in [6.45, 7) is 1.61. The van der Waals surface area contributed by atoms with E-state index >= 15 is 0 Å². The largest absolute Gasteiger partial charge is 0.478 e. The smallest absolute Gasteiger partial charge is 0.335 e.